The number of likely N-dealkylation sites (N-methyl/N-ethyl adjacent to an activating group) is 1. The Balaban J connectivity index is 1.76. The van der Waals surface area contributed by atoms with Crippen molar-refractivity contribution in [2.24, 2.45) is 5.41 Å². The van der Waals surface area contributed by atoms with Gasteiger partial charge in [-0.1, -0.05) is 43.0 Å². The number of hydrogen-bond acceptors (Lipinski definition) is 3. The third kappa shape index (κ3) is 9.26. The van der Waals surface area contributed by atoms with E-state index in [1.165, 1.54) is 5.56 Å². The smallest absolute Gasteiger partial charge is 0.244 e. The molecular formula is C26H32N2OS. The van der Waals surface area contributed by atoms with E-state index in [1.54, 1.807) is 17.4 Å². The molecule has 0 aliphatic carbocycles. The molecule has 0 aliphatic heterocycles. The van der Waals surface area contributed by atoms with E-state index in [2.05, 4.69) is 84.8 Å². The van der Waals surface area contributed by atoms with Gasteiger partial charge in [-0.15, -0.1) is 0 Å². The summed E-state index contributed by atoms with van der Waals surface area (Å²) < 4.78 is 0. The van der Waals surface area contributed by atoms with E-state index >= 15 is 0 Å². The van der Waals surface area contributed by atoms with Crippen molar-refractivity contribution in [3.8, 4) is 23.0 Å². The normalized spacial score (nSPS) is 11.8. The molecule has 0 fully saturated rings. The lowest BCUT2D eigenvalue weighted by molar-refractivity contribution is -0.116. The number of amides is 1. The zero-order valence-electron chi connectivity index (χ0n) is 18.4. The third-order valence-corrected chi connectivity index (χ3v) is 5.04. The molecule has 0 bridgehead atoms. The largest absolute Gasteiger partial charge is 0.351 e. The van der Waals surface area contributed by atoms with Crippen LogP contribution in [0.2, 0.25) is 0 Å². The van der Waals surface area contributed by atoms with E-state index in [-0.39, 0.29) is 11.3 Å². The topological polar surface area (TPSA) is 32.3 Å². The maximum atomic E-state index is 12.1. The first-order valence-electron chi connectivity index (χ1n) is 10.4. The zero-order valence-corrected chi connectivity index (χ0v) is 19.3. The van der Waals surface area contributed by atoms with Crippen LogP contribution in [0.5, 0.6) is 0 Å². The van der Waals surface area contributed by atoms with Crippen LogP contribution in [0.3, 0.4) is 0 Å². The lowest BCUT2D eigenvalue weighted by Crippen LogP contribution is -2.34. The Morgan fingerprint density at radius 2 is 2.07 bits per heavy atom. The quantitative estimate of drug-likeness (QED) is 0.431. The van der Waals surface area contributed by atoms with Crippen molar-refractivity contribution < 1.29 is 4.79 Å². The number of rotatable bonds is 9. The monoisotopic (exact) mass is 420 g/mol. The molecule has 1 heterocycles. The molecule has 0 spiro atoms. The van der Waals surface area contributed by atoms with Crippen molar-refractivity contribution in [1.82, 2.24) is 10.2 Å². The van der Waals surface area contributed by atoms with E-state index in [4.69, 9.17) is 0 Å². The van der Waals surface area contributed by atoms with Gasteiger partial charge in [0, 0.05) is 31.1 Å². The van der Waals surface area contributed by atoms with Gasteiger partial charge in [-0.3, -0.25) is 9.69 Å². The molecule has 1 N–H and O–H groups in total. The lowest BCUT2D eigenvalue weighted by atomic mass is 9.98. The second kappa shape index (κ2) is 12.2. The Kier molecular flexibility index (Phi) is 9.60. The summed E-state index contributed by atoms with van der Waals surface area (Å²) in [6.45, 7) is 11.6. The number of nitrogens with zero attached hydrogens (tertiary/aromatic N) is 1. The van der Waals surface area contributed by atoms with Crippen LogP contribution in [0, 0.1) is 17.3 Å². The molecule has 0 saturated heterocycles. The summed E-state index contributed by atoms with van der Waals surface area (Å²) in [6, 6.07) is 10.3. The highest BCUT2D eigenvalue weighted by Crippen LogP contribution is 2.23. The molecule has 0 unspecified atom stereocenters. The molecule has 0 saturated carbocycles. The van der Waals surface area contributed by atoms with Gasteiger partial charge in [0.25, 0.3) is 0 Å². The van der Waals surface area contributed by atoms with E-state index in [0.29, 0.717) is 6.54 Å². The number of benzene rings is 1. The average Bonchev–Trinajstić information content (AvgIpc) is 3.25. The number of thiophene rings is 1. The van der Waals surface area contributed by atoms with Crippen LogP contribution in [-0.2, 0) is 4.79 Å². The highest BCUT2D eigenvalue weighted by molar-refractivity contribution is 7.08. The molecule has 0 atom stereocenters. The van der Waals surface area contributed by atoms with Crippen molar-refractivity contribution in [3.05, 3.63) is 64.9 Å². The van der Waals surface area contributed by atoms with Gasteiger partial charge in [-0.05, 0) is 79.1 Å². The second-order valence-corrected chi connectivity index (χ2v) is 8.86. The van der Waals surface area contributed by atoms with Crippen LogP contribution in [0.25, 0.3) is 17.2 Å². The predicted octanol–water partition coefficient (Wildman–Crippen LogP) is 5.47. The standard InChI is InChI=1S/C26H32N2OS/c1-5-28(17-8-6-7-15-26(2,3)4)18-16-27-25(29)13-12-22-10-9-11-23(20-22)24-14-19-30-21-24/h6,8-14,19-21H,5,16-18H2,1-4H3,(H,27,29). The molecule has 1 aromatic heterocycles. The predicted molar refractivity (Wildman–Crippen MR) is 130 cm³/mol. The Bertz CT molecular complexity index is 908. The highest BCUT2D eigenvalue weighted by Gasteiger charge is 2.03. The Morgan fingerprint density at radius 3 is 2.77 bits per heavy atom. The molecule has 1 aromatic carbocycles. The van der Waals surface area contributed by atoms with Gasteiger partial charge in [0.1, 0.15) is 0 Å². The van der Waals surface area contributed by atoms with Gasteiger partial charge in [0.05, 0.1) is 0 Å². The molecular weight excluding hydrogens is 388 g/mol. The van der Waals surface area contributed by atoms with Gasteiger partial charge in [-0.25, -0.2) is 0 Å². The fourth-order valence-electron chi connectivity index (χ4n) is 2.72. The first-order valence-corrected chi connectivity index (χ1v) is 11.3. The lowest BCUT2D eigenvalue weighted by Gasteiger charge is -2.18. The number of carbonyl (C=O) groups excluding carboxylic acids is 1. The minimum Gasteiger partial charge on any atom is -0.351 e. The Hall–Kier alpha value is -2.61. The van der Waals surface area contributed by atoms with E-state index < -0.39 is 0 Å². The third-order valence-electron chi connectivity index (χ3n) is 4.35. The van der Waals surface area contributed by atoms with Crippen molar-refractivity contribution in [1.29, 1.82) is 0 Å². The SMILES string of the molecule is CCN(CC=CC#CC(C)(C)C)CCNC(=O)C=Cc1cccc(-c2ccsc2)c1. The van der Waals surface area contributed by atoms with E-state index in [9.17, 15) is 4.79 Å². The van der Waals surface area contributed by atoms with Crippen molar-refractivity contribution in [3.63, 3.8) is 0 Å². The van der Waals surface area contributed by atoms with Crippen LogP contribution >= 0.6 is 11.3 Å². The number of allylic oxidation sites excluding steroid dienone is 1. The van der Waals surface area contributed by atoms with Gasteiger partial charge in [0.15, 0.2) is 0 Å². The van der Waals surface area contributed by atoms with Gasteiger partial charge >= 0.3 is 0 Å². The van der Waals surface area contributed by atoms with Crippen molar-refractivity contribution >= 4 is 23.3 Å². The molecule has 2 rings (SSSR count). The molecule has 2 aromatic rings. The number of nitrogens with one attached hydrogen (secondary N) is 1. The Morgan fingerprint density at radius 1 is 1.23 bits per heavy atom. The van der Waals surface area contributed by atoms with E-state index in [0.717, 1.165) is 30.8 Å². The van der Waals surface area contributed by atoms with Crippen LogP contribution in [0.4, 0.5) is 0 Å². The maximum Gasteiger partial charge on any atom is 0.244 e. The molecule has 0 radical (unpaired) electrons. The maximum absolute atomic E-state index is 12.1. The van der Waals surface area contributed by atoms with Crippen LogP contribution in [0.1, 0.15) is 33.3 Å². The highest BCUT2D eigenvalue weighted by atomic mass is 32.1. The summed E-state index contributed by atoms with van der Waals surface area (Å²) in [5.74, 6) is 6.21. The fourth-order valence-corrected chi connectivity index (χ4v) is 3.38. The molecule has 4 heteroatoms. The second-order valence-electron chi connectivity index (χ2n) is 8.08. The molecule has 1 amide bonds. The summed E-state index contributed by atoms with van der Waals surface area (Å²) in [4.78, 5) is 14.4. The first kappa shape index (κ1) is 23.7. The number of hydrogen-bond donors (Lipinski definition) is 1. The Labute approximate surface area is 185 Å². The van der Waals surface area contributed by atoms with Gasteiger partial charge in [-0.2, -0.15) is 11.3 Å². The van der Waals surface area contributed by atoms with Crippen molar-refractivity contribution in [2.45, 2.75) is 27.7 Å². The minimum atomic E-state index is -0.0708. The average molecular weight is 421 g/mol. The van der Waals surface area contributed by atoms with Crippen molar-refractivity contribution in [2.75, 3.05) is 26.2 Å². The van der Waals surface area contributed by atoms with Gasteiger partial charge < -0.3 is 5.32 Å². The minimum absolute atomic E-state index is 0.0256. The number of carbonyl (C=O) groups is 1. The molecule has 30 heavy (non-hydrogen) atoms. The summed E-state index contributed by atoms with van der Waals surface area (Å²) in [5.41, 5.74) is 3.42. The summed E-state index contributed by atoms with van der Waals surface area (Å²) >= 11 is 1.68. The molecule has 158 valence electrons. The molecule has 0 aliphatic rings. The van der Waals surface area contributed by atoms with Gasteiger partial charge in [0.2, 0.25) is 5.91 Å². The summed E-state index contributed by atoms with van der Waals surface area (Å²) in [6.07, 6.45) is 7.45. The van der Waals surface area contributed by atoms with Crippen LogP contribution < -0.4 is 5.32 Å². The fraction of sp³-hybridized carbons (Fsp3) is 0.346. The zero-order chi connectivity index (χ0) is 21.8. The van der Waals surface area contributed by atoms with E-state index in [1.807, 2.05) is 24.3 Å². The summed E-state index contributed by atoms with van der Waals surface area (Å²) in [5, 5.41) is 7.16. The first-order chi connectivity index (χ1) is 14.4. The molecule has 3 nitrogen and oxygen atoms in total. The van der Waals surface area contributed by atoms with Crippen LogP contribution in [0.15, 0.2) is 59.3 Å². The summed E-state index contributed by atoms with van der Waals surface area (Å²) in [7, 11) is 0. The van der Waals surface area contributed by atoms with Crippen LogP contribution in [-0.4, -0.2) is 37.0 Å².